The average Bonchev–Trinajstić information content (AvgIpc) is 3.51. The normalized spacial score (nSPS) is 23.3. The molecule has 178 valence electrons. The van der Waals surface area contributed by atoms with Crippen LogP contribution in [0, 0.1) is 5.92 Å². The van der Waals surface area contributed by atoms with Gasteiger partial charge in [-0.1, -0.05) is 13.0 Å². The van der Waals surface area contributed by atoms with E-state index in [1.807, 2.05) is 6.07 Å². The Kier molecular flexibility index (Phi) is 4.88. The summed E-state index contributed by atoms with van der Waals surface area (Å²) in [5.74, 6) is 1.59. The first kappa shape index (κ1) is 22.0. The number of halogens is 3. The zero-order valence-electron chi connectivity index (χ0n) is 19.5. The maximum atomic E-state index is 12.9. The van der Waals surface area contributed by atoms with E-state index in [-0.39, 0.29) is 11.4 Å². The molecule has 1 saturated carbocycles. The predicted molar refractivity (Wildman–Crippen MR) is 125 cm³/mol. The highest BCUT2D eigenvalue weighted by molar-refractivity contribution is 5.70. The quantitative estimate of drug-likeness (QED) is 0.292. The lowest BCUT2D eigenvalue weighted by Crippen LogP contribution is -2.54. The molecule has 4 nitrogen and oxygen atoms in total. The number of nitrogens with zero attached hydrogens (tertiary/aromatic N) is 3. The summed E-state index contributed by atoms with van der Waals surface area (Å²) in [5.41, 5.74) is 4.24. The van der Waals surface area contributed by atoms with E-state index in [1.54, 1.807) is 0 Å². The Labute approximate surface area is 201 Å². The molecule has 6 rings (SSSR count). The van der Waals surface area contributed by atoms with E-state index in [2.05, 4.69) is 65.1 Å². The fourth-order valence-electron chi connectivity index (χ4n) is 5.86. The fraction of sp³-hybridized carbons (Fsp3) is 0.321. The van der Waals surface area contributed by atoms with Gasteiger partial charge in [0.2, 0.25) is 17.5 Å². The zero-order chi connectivity index (χ0) is 24.4. The molecular formula is C28H25F3N3O+. The van der Waals surface area contributed by atoms with Crippen LogP contribution < -0.4 is 4.57 Å². The van der Waals surface area contributed by atoms with Crippen LogP contribution in [0.4, 0.5) is 13.2 Å². The van der Waals surface area contributed by atoms with Crippen LogP contribution in [0.25, 0.3) is 34.2 Å². The molecule has 7 heteroatoms. The Morgan fingerprint density at radius 3 is 2.43 bits per heavy atom. The van der Waals surface area contributed by atoms with Crippen LogP contribution in [0.15, 0.2) is 71.3 Å². The minimum atomic E-state index is -4.39. The zero-order valence-corrected chi connectivity index (χ0v) is 19.5. The molecule has 0 spiro atoms. The molecule has 4 aromatic rings. The van der Waals surface area contributed by atoms with Crippen molar-refractivity contribution in [2.45, 2.75) is 50.7 Å². The second-order valence-electron chi connectivity index (χ2n) is 10.0. The summed E-state index contributed by atoms with van der Waals surface area (Å²) in [4.78, 5) is 0. The van der Waals surface area contributed by atoms with Crippen LogP contribution in [0.3, 0.4) is 0 Å². The molecule has 2 bridgehead atoms. The van der Waals surface area contributed by atoms with Crippen LogP contribution in [0.5, 0.6) is 0 Å². The highest BCUT2D eigenvalue weighted by Crippen LogP contribution is 2.48. The van der Waals surface area contributed by atoms with Crippen molar-refractivity contribution in [2.24, 2.45) is 5.92 Å². The second-order valence-corrected chi connectivity index (χ2v) is 10.0. The number of pyridine rings is 1. The van der Waals surface area contributed by atoms with Crippen molar-refractivity contribution in [1.29, 1.82) is 0 Å². The van der Waals surface area contributed by atoms with E-state index in [1.165, 1.54) is 29.8 Å². The van der Waals surface area contributed by atoms with Crippen molar-refractivity contribution >= 4 is 0 Å². The Morgan fingerprint density at radius 1 is 0.971 bits per heavy atom. The monoisotopic (exact) mass is 476 g/mol. The van der Waals surface area contributed by atoms with Crippen molar-refractivity contribution in [1.82, 2.24) is 10.2 Å². The van der Waals surface area contributed by atoms with E-state index in [0.29, 0.717) is 23.3 Å². The van der Waals surface area contributed by atoms with E-state index in [0.717, 1.165) is 36.1 Å². The molecule has 2 aromatic carbocycles. The molecule has 1 aliphatic heterocycles. The van der Waals surface area contributed by atoms with Crippen LogP contribution in [-0.2, 0) is 11.7 Å². The molecule has 0 radical (unpaired) electrons. The summed E-state index contributed by atoms with van der Waals surface area (Å²) in [6.45, 7) is 4.68. The summed E-state index contributed by atoms with van der Waals surface area (Å²) in [6.07, 6.45) is 1.32. The van der Waals surface area contributed by atoms with Gasteiger partial charge in [-0.15, -0.1) is 10.2 Å². The van der Waals surface area contributed by atoms with Crippen molar-refractivity contribution in [2.75, 3.05) is 0 Å². The van der Waals surface area contributed by atoms with Gasteiger partial charge in [0.05, 0.1) is 11.1 Å². The molecule has 2 aliphatic rings. The molecule has 0 N–H and O–H groups in total. The summed E-state index contributed by atoms with van der Waals surface area (Å²) in [6, 6.07) is 17.3. The lowest BCUT2D eigenvalue weighted by molar-refractivity contribution is -0.751. The number of aromatic nitrogens is 3. The molecule has 0 amide bonds. The third-order valence-electron chi connectivity index (χ3n) is 7.86. The maximum absolute atomic E-state index is 12.9. The van der Waals surface area contributed by atoms with E-state index >= 15 is 0 Å². The van der Waals surface area contributed by atoms with Gasteiger partial charge in [0.15, 0.2) is 11.7 Å². The van der Waals surface area contributed by atoms with Crippen molar-refractivity contribution in [3.05, 3.63) is 78.0 Å². The van der Waals surface area contributed by atoms with E-state index < -0.39 is 11.7 Å². The van der Waals surface area contributed by atoms with Gasteiger partial charge in [0.25, 0.3) is 0 Å². The highest BCUT2D eigenvalue weighted by atomic mass is 19.4. The van der Waals surface area contributed by atoms with Crippen molar-refractivity contribution < 1.29 is 22.2 Å². The third kappa shape index (κ3) is 3.65. The Bertz CT molecular complexity index is 1410. The van der Waals surface area contributed by atoms with Gasteiger partial charge in [-0.2, -0.15) is 17.7 Å². The first-order valence-electron chi connectivity index (χ1n) is 11.9. The molecule has 3 atom stereocenters. The number of alkyl halides is 3. The van der Waals surface area contributed by atoms with Crippen molar-refractivity contribution in [3.8, 4) is 34.2 Å². The lowest BCUT2D eigenvalue weighted by atomic mass is 9.80. The van der Waals surface area contributed by atoms with Crippen LogP contribution in [0.2, 0.25) is 0 Å². The summed E-state index contributed by atoms with van der Waals surface area (Å²) in [7, 11) is 0. The van der Waals surface area contributed by atoms with Gasteiger partial charge in [-0.05, 0) is 66.3 Å². The van der Waals surface area contributed by atoms with Gasteiger partial charge in [-0.25, -0.2) is 0 Å². The average molecular weight is 477 g/mol. The summed E-state index contributed by atoms with van der Waals surface area (Å²) in [5, 5.41) is 8.31. The molecule has 35 heavy (non-hydrogen) atoms. The second kappa shape index (κ2) is 7.77. The molecule has 1 fully saturated rings. The van der Waals surface area contributed by atoms with Crippen LogP contribution >= 0.6 is 0 Å². The fourth-order valence-corrected chi connectivity index (χ4v) is 5.86. The van der Waals surface area contributed by atoms with E-state index in [4.69, 9.17) is 4.42 Å². The summed E-state index contributed by atoms with van der Waals surface area (Å²) < 4.78 is 47.0. The SMILES string of the molecule is CC1c2ccc(-c3nnc(-c4ccc(C(F)(F)F)cc4)o3)cc2-c2cccc[n+]2C2(C)CCC1C2. The molecule has 0 saturated heterocycles. The lowest BCUT2D eigenvalue weighted by Gasteiger charge is -2.28. The molecule has 1 aliphatic carbocycles. The highest BCUT2D eigenvalue weighted by Gasteiger charge is 2.48. The van der Waals surface area contributed by atoms with Gasteiger partial charge < -0.3 is 4.42 Å². The maximum Gasteiger partial charge on any atom is 0.416 e. The van der Waals surface area contributed by atoms with Crippen molar-refractivity contribution in [3.63, 3.8) is 0 Å². The molecule has 3 heterocycles. The minimum absolute atomic E-state index is 0.0868. The topological polar surface area (TPSA) is 42.8 Å². The first-order chi connectivity index (χ1) is 16.7. The Balaban J connectivity index is 1.42. The Morgan fingerprint density at radius 2 is 1.69 bits per heavy atom. The van der Waals surface area contributed by atoms with Gasteiger partial charge in [0.1, 0.15) is 0 Å². The third-order valence-corrected chi connectivity index (χ3v) is 7.86. The van der Waals surface area contributed by atoms with Gasteiger partial charge >= 0.3 is 6.18 Å². The van der Waals surface area contributed by atoms with Crippen LogP contribution in [-0.4, -0.2) is 10.2 Å². The van der Waals surface area contributed by atoms with Crippen LogP contribution in [0.1, 0.15) is 50.2 Å². The Hall–Kier alpha value is -3.48. The summed E-state index contributed by atoms with van der Waals surface area (Å²) >= 11 is 0. The standard InChI is InChI=1S/C28H25F3N3O/c1-17-20-12-13-27(2,16-20)34-14-4-3-5-24(34)23-15-19(8-11-22(17)23)26-33-32-25(35-26)18-6-9-21(10-7-18)28(29,30)31/h3-11,14-15,17,20H,12-13,16H2,1-2H3/q+1. The number of benzene rings is 2. The van der Waals surface area contributed by atoms with E-state index in [9.17, 15) is 13.2 Å². The minimum Gasteiger partial charge on any atom is -0.416 e. The molecule has 2 aromatic heterocycles. The largest absolute Gasteiger partial charge is 0.416 e. The number of rotatable bonds is 2. The van der Waals surface area contributed by atoms with Gasteiger partial charge in [0, 0.05) is 43.0 Å². The number of hydrogen-bond donors (Lipinski definition) is 0. The number of fused-ring (bicyclic) bond motifs is 6. The number of hydrogen-bond acceptors (Lipinski definition) is 3. The smallest absolute Gasteiger partial charge is 0.416 e. The molecular weight excluding hydrogens is 451 g/mol. The first-order valence-corrected chi connectivity index (χ1v) is 11.9. The molecule has 3 unspecified atom stereocenters. The predicted octanol–water partition coefficient (Wildman–Crippen LogP) is 7.01. The van der Waals surface area contributed by atoms with Gasteiger partial charge in [-0.3, -0.25) is 0 Å².